The van der Waals surface area contributed by atoms with Crippen LogP contribution in [0.1, 0.15) is 24.3 Å². The zero-order valence-corrected chi connectivity index (χ0v) is 13.9. The Hall–Kier alpha value is -1.97. The molecule has 0 amide bonds. The van der Waals surface area contributed by atoms with E-state index in [1.54, 1.807) is 18.2 Å². The van der Waals surface area contributed by atoms with E-state index in [9.17, 15) is 20.1 Å². The summed E-state index contributed by atoms with van der Waals surface area (Å²) in [5, 5.41) is 43.0. The van der Waals surface area contributed by atoms with E-state index in [0.717, 1.165) is 18.2 Å². The lowest BCUT2D eigenvalue weighted by Gasteiger charge is -2.40. The second kappa shape index (κ2) is 6.64. The first-order valence-corrected chi connectivity index (χ1v) is 8.63. The maximum absolute atomic E-state index is 12.1. The van der Waals surface area contributed by atoms with Crippen LogP contribution < -0.4 is 10.9 Å². The standard InChI is InChI=1S/C18H21NO7/c20-7-13-15(21)16(22)14(18(24)26-13)19-10-4-3-9-5-11(8-1-2-8)17(23)25-12(9)6-10/h3-6,8,13-16,18-22,24H,1-2,7H2/t13?,14?,15-,16-,18-/m0/s1. The van der Waals surface area contributed by atoms with Crippen LogP contribution in [0.5, 0.6) is 0 Å². The van der Waals surface area contributed by atoms with Gasteiger partial charge in [0.2, 0.25) is 0 Å². The highest BCUT2D eigenvalue weighted by atomic mass is 16.6. The monoisotopic (exact) mass is 363 g/mol. The van der Waals surface area contributed by atoms with Crippen molar-refractivity contribution < 1.29 is 29.6 Å². The number of hydrogen-bond acceptors (Lipinski definition) is 8. The highest BCUT2D eigenvalue weighted by Gasteiger charge is 2.43. The first kappa shape index (κ1) is 17.4. The van der Waals surface area contributed by atoms with Crippen LogP contribution in [0.2, 0.25) is 0 Å². The Bertz CT molecular complexity index is 862. The summed E-state index contributed by atoms with van der Waals surface area (Å²) in [7, 11) is 0. The molecular weight excluding hydrogens is 342 g/mol. The minimum absolute atomic E-state index is 0.291. The molecular formula is C18H21NO7. The molecule has 1 aliphatic carbocycles. The minimum atomic E-state index is -1.43. The van der Waals surface area contributed by atoms with Crippen molar-refractivity contribution in [2.75, 3.05) is 11.9 Å². The van der Waals surface area contributed by atoms with Crippen LogP contribution in [0.3, 0.4) is 0 Å². The van der Waals surface area contributed by atoms with Crippen molar-refractivity contribution in [3.63, 3.8) is 0 Å². The average molecular weight is 363 g/mol. The van der Waals surface area contributed by atoms with Gasteiger partial charge < -0.3 is 34.9 Å². The second-order valence-corrected chi connectivity index (χ2v) is 6.92. The molecule has 1 aromatic heterocycles. The first-order valence-electron chi connectivity index (χ1n) is 8.63. The molecule has 8 heteroatoms. The summed E-state index contributed by atoms with van der Waals surface area (Å²) in [6.07, 6.45) is -3.18. The van der Waals surface area contributed by atoms with Crippen molar-refractivity contribution in [3.8, 4) is 0 Å². The number of aliphatic hydroxyl groups is 4. The van der Waals surface area contributed by atoms with E-state index in [0.29, 0.717) is 22.8 Å². The Morgan fingerprint density at radius 2 is 1.88 bits per heavy atom. The maximum atomic E-state index is 12.1. The third kappa shape index (κ3) is 3.10. The number of anilines is 1. The smallest absolute Gasteiger partial charge is 0.339 e. The molecule has 2 heterocycles. The Kier molecular flexibility index (Phi) is 4.45. The minimum Gasteiger partial charge on any atom is -0.422 e. The first-order chi connectivity index (χ1) is 12.5. The van der Waals surface area contributed by atoms with Crippen molar-refractivity contribution in [1.29, 1.82) is 0 Å². The van der Waals surface area contributed by atoms with Crippen LogP contribution >= 0.6 is 0 Å². The Labute approximate surface area is 148 Å². The van der Waals surface area contributed by atoms with Gasteiger partial charge in [-0.1, -0.05) is 0 Å². The van der Waals surface area contributed by atoms with Gasteiger partial charge >= 0.3 is 5.63 Å². The number of aliphatic hydroxyl groups excluding tert-OH is 4. The summed E-state index contributed by atoms with van der Waals surface area (Å²) < 4.78 is 10.5. The van der Waals surface area contributed by atoms with Gasteiger partial charge in [0, 0.05) is 22.7 Å². The molecule has 0 bridgehead atoms. The van der Waals surface area contributed by atoms with Crippen LogP contribution in [0.4, 0.5) is 5.69 Å². The van der Waals surface area contributed by atoms with E-state index in [2.05, 4.69) is 5.32 Å². The van der Waals surface area contributed by atoms with Crippen LogP contribution in [-0.4, -0.2) is 57.7 Å². The fourth-order valence-corrected chi connectivity index (χ4v) is 3.34. The van der Waals surface area contributed by atoms with Gasteiger partial charge in [-0.3, -0.25) is 0 Å². The van der Waals surface area contributed by atoms with E-state index in [1.165, 1.54) is 0 Å². The molecule has 8 nitrogen and oxygen atoms in total. The predicted octanol–water partition coefficient (Wildman–Crippen LogP) is -0.118. The van der Waals surface area contributed by atoms with Gasteiger partial charge in [0.25, 0.3) is 0 Å². The van der Waals surface area contributed by atoms with Crippen molar-refractivity contribution in [2.45, 2.75) is 49.4 Å². The molecule has 0 spiro atoms. The number of rotatable bonds is 4. The highest BCUT2D eigenvalue weighted by Crippen LogP contribution is 2.39. The summed E-state index contributed by atoms with van der Waals surface area (Å²) >= 11 is 0. The number of nitrogens with one attached hydrogen (secondary N) is 1. The summed E-state index contributed by atoms with van der Waals surface area (Å²) in [5.41, 5.74) is 1.22. The number of hydrogen-bond donors (Lipinski definition) is 5. The van der Waals surface area contributed by atoms with Crippen LogP contribution in [0.15, 0.2) is 33.5 Å². The largest absolute Gasteiger partial charge is 0.422 e. The Morgan fingerprint density at radius 3 is 2.58 bits per heavy atom. The molecule has 1 saturated carbocycles. The lowest BCUT2D eigenvalue weighted by Crippen LogP contribution is -2.61. The van der Waals surface area contributed by atoms with Gasteiger partial charge in [-0.2, -0.15) is 0 Å². The van der Waals surface area contributed by atoms with Gasteiger partial charge in [0.05, 0.1) is 6.61 Å². The Morgan fingerprint density at radius 1 is 1.12 bits per heavy atom. The molecule has 4 rings (SSSR count). The molecule has 0 radical (unpaired) electrons. The van der Waals surface area contributed by atoms with E-state index < -0.39 is 37.3 Å². The van der Waals surface area contributed by atoms with Crippen LogP contribution in [-0.2, 0) is 4.74 Å². The second-order valence-electron chi connectivity index (χ2n) is 6.92. The van der Waals surface area contributed by atoms with Gasteiger partial charge in [0.15, 0.2) is 6.29 Å². The summed E-state index contributed by atoms with van der Waals surface area (Å²) in [6, 6.07) is 5.93. The molecule has 140 valence electrons. The molecule has 2 aromatic rings. The summed E-state index contributed by atoms with van der Waals surface area (Å²) in [5.74, 6) is 0.291. The van der Waals surface area contributed by atoms with Gasteiger partial charge in [-0.05, 0) is 37.0 Å². The van der Waals surface area contributed by atoms with Crippen molar-refractivity contribution in [3.05, 3.63) is 40.2 Å². The lowest BCUT2D eigenvalue weighted by atomic mass is 9.97. The van der Waals surface area contributed by atoms with Crippen molar-refractivity contribution in [2.24, 2.45) is 0 Å². The molecule has 2 aliphatic rings. The number of benzene rings is 1. The average Bonchev–Trinajstić information content (AvgIpc) is 3.46. The van der Waals surface area contributed by atoms with Gasteiger partial charge in [-0.25, -0.2) is 4.79 Å². The van der Waals surface area contributed by atoms with E-state index in [4.69, 9.17) is 14.3 Å². The maximum Gasteiger partial charge on any atom is 0.339 e. The quantitative estimate of drug-likeness (QED) is 0.475. The fourth-order valence-electron chi connectivity index (χ4n) is 3.34. The third-order valence-electron chi connectivity index (χ3n) is 5.01. The lowest BCUT2D eigenvalue weighted by molar-refractivity contribution is -0.245. The topological polar surface area (TPSA) is 132 Å². The predicted molar refractivity (Wildman–Crippen MR) is 91.8 cm³/mol. The van der Waals surface area contributed by atoms with Gasteiger partial charge in [0.1, 0.15) is 29.9 Å². The summed E-state index contributed by atoms with van der Waals surface area (Å²) in [4.78, 5) is 12.1. The molecule has 1 aliphatic heterocycles. The van der Waals surface area contributed by atoms with Crippen LogP contribution in [0.25, 0.3) is 11.0 Å². The molecule has 1 aromatic carbocycles. The fraction of sp³-hybridized carbons (Fsp3) is 0.500. The SMILES string of the molecule is O=c1oc2cc(NC3[C@@H](O)OC(CO)[C@H](O)[C@H]3O)ccc2cc1C1CC1. The van der Waals surface area contributed by atoms with E-state index in [1.807, 2.05) is 6.07 Å². The number of ether oxygens (including phenoxy) is 1. The molecule has 5 N–H and O–H groups in total. The summed E-state index contributed by atoms with van der Waals surface area (Å²) in [6.45, 7) is -0.521. The van der Waals surface area contributed by atoms with Crippen molar-refractivity contribution >= 4 is 16.7 Å². The third-order valence-corrected chi connectivity index (χ3v) is 5.01. The zero-order chi connectivity index (χ0) is 18.4. The molecule has 2 unspecified atom stereocenters. The van der Waals surface area contributed by atoms with Crippen LogP contribution in [0, 0.1) is 0 Å². The zero-order valence-electron chi connectivity index (χ0n) is 13.9. The van der Waals surface area contributed by atoms with E-state index >= 15 is 0 Å². The van der Waals surface area contributed by atoms with E-state index in [-0.39, 0.29) is 5.63 Å². The molecule has 5 atom stereocenters. The van der Waals surface area contributed by atoms with Gasteiger partial charge in [-0.15, -0.1) is 0 Å². The molecule has 1 saturated heterocycles. The molecule has 26 heavy (non-hydrogen) atoms. The number of fused-ring (bicyclic) bond motifs is 1. The normalized spacial score (nSPS) is 31.9. The molecule has 2 fully saturated rings. The van der Waals surface area contributed by atoms with Crippen molar-refractivity contribution in [1.82, 2.24) is 0 Å². The Balaban J connectivity index is 1.59. The highest BCUT2D eigenvalue weighted by molar-refractivity contribution is 5.81.